The third kappa shape index (κ3) is 3.58. The molecule has 19 heavy (non-hydrogen) atoms. The summed E-state index contributed by atoms with van der Waals surface area (Å²) in [5.74, 6) is 0.0319. The number of pyridine rings is 1. The van der Waals surface area contributed by atoms with E-state index in [0.29, 0.717) is 12.1 Å². The molecule has 0 aliphatic heterocycles. The minimum absolute atomic E-state index is 0.0319. The van der Waals surface area contributed by atoms with Crippen LogP contribution in [0.5, 0.6) is 0 Å². The fourth-order valence-electron chi connectivity index (χ4n) is 1.79. The van der Waals surface area contributed by atoms with Crippen LogP contribution in [0.1, 0.15) is 15.9 Å². The molecule has 0 radical (unpaired) electrons. The zero-order valence-electron chi connectivity index (χ0n) is 11.0. The summed E-state index contributed by atoms with van der Waals surface area (Å²) in [5.41, 5.74) is 1.79. The van der Waals surface area contributed by atoms with Gasteiger partial charge in [-0.25, -0.2) is 0 Å². The number of hydrogen-bond acceptors (Lipinski definition) is 3. The molecular formula is C15H16N2OS. The standard InChI is InChI=1S/C15H16N2OS/c1-17(11-12-7-9-16-10-8-12)15(18)13-3-5-14(19-2)6-4-13/h3-10H,11H2,1-2H3. The van der Waals surface area contributed by atoms with Gasteiger partial charge in [-0.05, 0) is 48.2 Å². The molecule has 2 aromatic rings. The molecule has 1 aromatic carbocycles. The third-order valence-electron chi connectivity index (χ3n) is 2.85. The molecule has 0 spiro atoms. The van der Waals surface area contributed by atoms with Crippen LogP contribution in [0.2, 0.25) is 0 Å². The largest absolute Gasteiger partial charge is 0.337 e. The molecule has 0 N–H and O–H groups in total. The van der Waals surface area contributed by atoms with Crippen molar-refractivity contribution >= 4 is 17.7 Å². The molecule has 0 atom stereocenters. The molecule has 0 saturated heterocycles. The maximum absolute atomic E-state index is 12.3. The topological polar surface area (TPSA) is 33.2 Å². The van der Waals surface area contributed by atoms with Crippen LogP contribution in [0.3, 0.4) is 0 Å². The Labute approximate surface area is 117 Å². The van der Waals surface area contributed by atoms with E-state index in [9.17, 15) is 4.79 Å². The van der Waals surface area contributed by atoms with E-state index in [2.05, 4.69) is 4.98 Å². The number of aromatic nitrogens is 1. The van der Waals surface area contributed by atoms with Gasteiger partial charge in [-0.15, -0.1) is 11.8 Å². The Bertz CT molecular complexity index is 540. The molecule has 2 rings (SSSR count). The molecule has 98 valence electrons. The van der Waals surface area contributed by atoms with Crippen molar-refractivity contribution in [3.8, 4) is 0 Å². The van der Waals surface area contributed by atoms with Gasteiger partial charge in [0.25, 0.3) is 5.91 Å². The van der Waals surface area contributed by atoms with E-state index < -0.39 is 0 Å². The quantitative estimate of drug-likeness (QED) is 0.802. The van der Waals surface area contributed by atoms with Crippen LogP contribution in [0.25, 0.3) is 0 Å². The number of carbonyl (C=O) groups excluding carboxylic acids is 1. The molecule has 0 aliphatic carbocycles. The average Bonchev–Trinajstić information content (AvgIpc) is 2.47. The number of thioether (sulfide) groups is 1. The van der Waals surface area contributed by atoms with Crippen LogP contribution >= 0.6 is 11.8 Å². The van der Waals surface area contributed by atoms with Gasteiger partial charge in [-0.2, -0.15) is 0 Å². The van der Waals surface area contributed by atoms with Crippen LogP contribution in [0.4, 0.5) is 0 Å². The lowest BCUT2D eigenvalue weighted by atomic mass is 10.2. The van der Waals surface area contributed by atoms with Crippen molar-refractivity contribution in [1.29, 1.82) is 0 Å². The van der Waals surface area contributed by atoms with Gasteiger partial charge in [0.2, 0.25) is 0 Å². The highest BCUT2D eigenvalue weighted by Crippen LogP contribution is 2.16. The van der Waals surface area contributed by atoms with Crippen molar-refractivity contribution in [2.45, 2.75) is 11.4 Å². The van der Waals surface area contributed by atoms with Gasteiger partial charge < -0.3 is 4.90 Å². The van der Waals surface area contributed by atoms with Crippen LogP contribution in [-0.4, -0.2) is 29.1 Å². The van der Waals surface area contributed by atoms with Crippen molar-refractivity contribution < 1.29 is 4.79 Å². The van der Waals surface area contributed by atoms with Gasteiger partial charge in [0.1, 0.15) is 0 Å². The molecule has 4 heteroatoms. The summed E-state index contributed by atoms with van der Waals surface area (Å²) in [6.07, 6.45) is 5.49. The minimum Gasteiger partial charge on any atom is -0.337 e. The van der Waals surface area contributed by atoms with Crippen molar-refractivity contribution in [1.82, 2.24) is 9.88 Å². The van der Waals surface area contributed by atoms with Crippen LogP contribution in [-0.2, 0) is 6.54 Å². The fourth-order valence-corrected chi connectivity index (χ4v) is 2.20. The zero-order valence-corrected chi connectivity index (χ0v) is 11.9. The second-order valence-electron chi connectivity index (χ2n) is 4.25. The molecule has 1 heterocycles. The van der Waals surface area contributed by atoms with E-state index in [1.54, 1.807) is 29.1 Å². The van der Waals surface area contributed by atoms with Gasteiger partial charge in [0, 0.05) is 36.4 Å². The Balaban J connectivity index is 2.06. The maximum atomic E-state index is 12.3. The van der Waals surface area contributed by atoms with Crippen LogP contribution in [0.15, 0.2) is 53.7 Å². The lowest BCUT2D eigenvalue weighted by Gasteiger charge is -2.17. The predicted octanol–water partition coefficient (Wildman–Crippen LogP) is 3.08. The molecule has 3 nitrogen and oxygen atoms in total. The third-order valence-corrected chi connectivity index (χ3v) is 3.60. The van der Waals surface area contributed by atoms with E-state index in [4.69, 9.17) is 0 Å². The van der Waals surface area contributed by atoms with E-state index in [1.165, 1.54) is 0 Å². The highest BCUT2D eigenvalue weighted by molar-refractivity contribution is 7.98. The first kappa shape index (κ1) is 13.6. The van der Waals surface area contributed by atoms with E-state index >= 15 is 0 Å². The number of nitrogens with zero attached hydrogens (tertiary/aromatic N) is 2. The van der Waals surface area contributed by atoms with Crippen LogP contribution in [0, 0.1) is 0 Å². The molecule has 0 fully saturated rings. The number of amides is 1. The first-order chi connectivity index (χ1) is 9.20. The second-order valence-corrected chi connectivity index (χ2v) is 5.12. The summed E-state index contributed by atoms with van der Waals surface area (Å²) in [5, 5.41) is 0. The first-order valence-electron chi connectivity index (χ1n) is 5.99. The Kier molecular flexibility index (Phi) is 4.58. The first-order valence-corrected chi connectivity index (χ1v) is 7.21. The summed E-state index contributed by atoms with van der Waals surface area (Å²) in [7, 11) is 1.81. The number of carbonyl (C=O) groups is 1. The van der Waals surface area contributed by atoms with Crippen molar-refractivity contribution in [3.63, 3.8) is 0 Å². The number of hydrogen-bond donors (Lipinski definition) is 0. The molecule has 0 unspecified atom stereocenters. The van der Waals surface area contributed by atoms with Crippen molar-refractivity contribution in [3.05, 3.63) is 59.9 Å². The molecular weight excluding hydrogens is 256 g/mol. The monoisotopic (exact) mass is 272 g/mol. The lowest BCUT2D eigenvalue weighted by Crippen LogP contribution is -2.26. The fraction of sp³-hybridized carbons (Fsp3) is 0.200. The summed E-state index contributed by atoms with van der Waals surface area (Å²) in [4.78, 5) is 19.1. The van der Waals surface area contributed by atoms with Crippen LogP contribution < -0.4 is 0 Å². The van der Waals surface area contributed by atoms with Crippen molar-refractivity contribution in [2.24, 2.45) is 0 Å². The predicted molar refractivity (Wildman–Crippen MR) is 78.3 cm³/mol. The molecule has 0 bridgehead atoms. The van der Waals surface area contributed by atoms with Gasteiger partial charge in [-0.3, -0.25) is 9.78 Å². The Hall–Kier alpha value is -1.81. The maximum Gasteiger partial charge on any atom is 0.253 e. The van der Waals surface area contributed by atoms with Gasteiger partial charge in [0.05, 0.1) is 0 Å². The van der Waals surface area contributed by atoms with Crippen molar-refractivity contribution in [2.75, 3.05) is 13.3 Å². The summed E-state index contributed by atoms with van der Waals surface area (Å²) in [6, 6.07) is 11.5. The Morgan fingerprint density at radius 2 is 1.79 bits per heavy atom. The van der Waals surface area contributed by atoms with Gasteiger partial charge >= 0.3 is 0 Å². The summed E-state index contributed by atoms with van der Waals surface area (Å²) >= 11 is 1.67. The molecule has 0 saturated carbocycles. The second kappa shape index (κ2) is 6.38. The number of benzene rings is 1. The van der Waals surface area contributed by atoms with Gasteiger partial charge in [-0.1, -0.05) is 0 Å². The van der Waals surface area contributed by atoms with E-state index in [-0.39, 0.29) is 5.91 Å². The molecule has 1 amide bonds. The number of rotatable bonds is 4. The van der Waals surface area contributed by atoms with Gasteiger partial charge in [0.15, 0.2) is 0 Å². The molecule has 0 aliphatic rings. The molecule has 1 aromatic heterocycles. The highest BCUT2D eigenvalue weighted by atomic mass is 32.2. The van der Waals surface area contributed by atoms with E-state index in [1.807, 2.05) is 49.7 Å². The lowest BCUT2D eigenvalue weighted by molar-refractivity contribution is 0.0785. The average molecular weight is 272 g/mol. The summed E-state index contributed by atoms with van der Waals surface area (Å²) < 4.78 is 0. The summed E-state index contributed by atoms with van der Waals surface area (Å²) in [6.45, 7) is 0.589. The highest BCUT2D eigenvalue weighted by Gasteiger charge is 2.11. The smallest absolute Gasteiger partial charge is 0.253 e. The normalized spacial score (nSPS) is 10.2. The SMILES string of the molecule is CSc1ccc(C(=O)N(C)Cc2ccncc2)cc1. The Morgan fingerprint density at radius 1 is 1.16 bits per heavy atom. The van der Waals surface area contributed by atoms with E-state index in [0.717, 1.165) is 10.5 Å². The Morgan fingerprint density at radius 3 is 2.37 bits per heavy atom. The zero-order chi connectivity index (χ0) is 13.7. The minimum atomic E-state index is 0.0319.